The molecule has 3 rings (SSSR count). The number of benzene rings is 1. The fourth-order valence-corrected chi connectivity index (χ4v) is 1.80. The van der Waals surface area contributed by atoms with Gasteiger partial charge in [-0.1, -0.05) is 18.2 Å². The summed E-state index contributed by atoms with van der Waals surface area (Å²) in [6, 6.07) is 12.4. The SMILES string of the molecule is COc1ncc2ccn(-c3ccccc3)c2n1. The zero-order chi connectivity index (χ0) is 11.7. The van der Waals surface area contributed by atoms with Crippen molar-refractivity contribution >= 4 is 11.0 Å². The molecule has 0 saturated carbocycles. The smallest absolute Gasteiger partial charge is 0.318 e. The first-order valence-corrected chi connectivity index (χ1v) is 5.32. The molecule has 4 heteroatoms. The van der Waals surface area contributed by atoms with Gasteiger partial charge in [-0.05, 0) is 18.2 Å². The van der Waals surface area contributed by atoms with Gasteiger partial charge >= 0.3 is 6.01 Å². The minimum Gasteiger partial charge on any atom is -0.467 e. The molecule has 0 radical (unpaired) electrons. The third kappa shape index (κ3) is 1.63. The van der Waals surface area contributed by atoms with E-state index in [9.17, 15) is 0 Å². The lowest BCUT2D eigenvalue weighted by molar-refractivity contribution is 0.381. The molecular formula is C13H11N3O. The Bertz CT molecular complexity index is 646. The summed E-state index contributed by atoms with van der Waals surface area (Å²) >= 11 is 0. The predicted octanol–water partition coefficient (Wildman–Crippen LogP) is 2.43. The second-order valence-electron chi connectivity index (χ2n) is 3.66. The quantitative estimate of drug-likeness (QED) is 0.672. The second kappa shape index (κ2) is 3.90. The summed E-state index contributed by atoms with van der Waals surface area (Å²) in [5.74, 6) is 0. The topological polar surface area (TPSA) is 39.9 Å². The van der Waals surface area contributed by atoms with Crippen molar-refractivity contribution < 1.29 is 4.74 Å². The van der Waals surface area contributed by atoms with Crippen molar-refractivity contribution in [2.24, 2.45) is 0 Å². The number of methoxy groups -OCH3 is 1. The molecule has 0 aliphatic heterocycles. The highest BCUT2D eigenvalue weighted by Crippen LogP contribution is 2.19. The highest BCUT2D eigenvalue weighted by atomic mass is 16.5. The highest BCUT2D eigenvalue weighted by Gasteiger charge is 2.06. The van der Waals surface area contributed by atoms with Gasteiger partial charge in [0.2, 0.25) is 0 Å². The third-order valence-electron chi connectivity index (χ3n) is 2.62. The van der Waals surface area contributed by atoms with Gasteiger partial charge in [-0.2, -0.15) is 4.98 Å². The molecule has 0 aliphatic carbocycles. The predicted molar refractivity (Wildman–Crippen MR) is 65.4 cm³/mol. The summed E-state index contributed by atoms with van der Waals surface area (Å²) in [4.78, 5) is 8.45. The summed E-state index contributed by atoms with van der Waals surface area (Å²) in [5.41, 5.74) is 1.92. The summed E-state index contributed by atoms with van der Waals surface area (Å²) in [7, 11) is 1.57. The van der Waals surface area contributed by atoms with E-state index in [2.05, 4.69) is 9.97 Å². The number of fused-ring (bicyclic) bond motifs is 1. The van der Waals surface area contributed by atoms with Crippen LogP contribution in [0.25, 0.3) is 16.7 Å². The normalized spacial score (nSPS) is 10.6. The molecule has 2 heterocycles. The Morgan fingerprint density at radius 3 is 2.71 bits per heavy atom. The van der Waals surface area contributed by atoms with Crippen molar-refractivity contribution in [3.63, 3.8) is 0 Å². The van der Waals surface area contributed by atoms with Crippen LogP contribution in [0.4, 0.5) is 0 Å². The molecule has 0 atom stereocenters. The molecule has 17 heavy (non-hydrogen) atoms. The maximum Gasteiger partial charge on any atom is 0.318 e. The fraction of sp³-hybridized carbons (Fsp3) is 0.0769. The molecule has 4 nitrogen and oxygen atoms in total. The average molecular weight is 225 g/mol. The van der Waals surface area contributed by atoms with Crippen molar-refractivity contribution in [3.05, 3.63) is 48.8 Å². The van der Waals surface area contributed by atoms with E-state index in [0.29, 0.717) is 6.01 Å². The lowest BCUT2D eigenvalue weighted by Gasteiger charge is -2.04. The number of rotatable bonds is 2. The Morgan fingerprint density at radius 2 is 1.94 bits per heavy atom. The monoisotopic (exact) mass is 225 g/mol. The molecule has 0 saturated heterocycles. The second-order valence-corrected chi connectivity index (χ2v) is 3.66. The van der Waals surface area contributed by atoms with Crippen molar-refractivity contribution in [3.8, 4) is 11.7 Å². The Hall–Kier alpha value is -2.36. The number of aromatic nitrogens is 3. The Kier molecular flexibility index (Phi) is 2.26. The molecule has 2 aromatic heterocycles. The molecule has 0 spiro atoms. The fourth-order valence-electron chi connectivity index (χ4n) is 1.80. The van der Waals surface area contributed by atoms with Crippen LogP contribution in [0.5, 0.6) is 6.01 Å². The summed E-state index contributed by atoms with van der Waals surface area (Å²) < 4.78 is 7.06. The number of hydrogen-bond donors (Lipinski definition) is 0. The Balaban J connectivity index is 2.23. The molecule has 0 unspecified atom stereocenters. The molecule has 0 amide bonds. The molecule has 1 aromatic carbocycles. The van der Waals surface area contributed by atoms with E-state index in [1.807, 2.05) is 47.2 Å². The molecule has 0 bridgehead atoms. The van der Waals surface area contributed by atoms with Crippen LogP contribution in [0.1, 0.15) is 0 Å². The van der Waals surface area contributed by atoms with Gasteiger partial charge in [-0.25, -0.2) is 4.98 Å². The summed E-state index contributed by atoms with van der Waals surface area (Å²) in [6.45, 7) is 0. The van der Waals surface area contributed by atoms with E-state index in [1.165, 1.54) is 0 Å². The van der Waals surface area contributed by atoms with Gasteiger partial charge in [0.15, 0.2) is 5.65 Å². The van der Waals surface area contributed by atoms with Gasteiger partial charge in [0.25, 0.3) is 0 Å². The van der Waals surface area contributed by atoms with Crippen molar-refractivity contribution in [1.82, 2.24) is 14.5 Å². The third-order valence-corrected chi connectivity index (χ3v) is 2.62. The van der Waals surface area contributed by atoms with E-state index in [4.69, 9.17) is 4.74 Å². The van der Waals surface area contributed by atoms with E-state index < -0.39 is 0 Å². The number of nitrogens with zero attached hydrogens (tertiary/aromatic N) is 3. The van der Waals surface area contributed by atoms with E-state index >= 15 is 0 Å². The van der Waals surface area contributed by atoms with Gasteiger partial charge in [0.1, 0.15) is 0 Å². The minimum absolute atomic E-state index is 0.383. The first-order valence-electron chi connectivity index (χ1n) is 5.32. The van der Waals surface area contributed by atoms with Gasteiger partial charge in [0.05, 0.1) is 7.11 Å². The summed E-state index contributed by atoms with van der Waals surface area (Å²) in [5, 5.41) is 0.995. The molecular weight excluding hydrogens is 214 g/mol. The van der Waals surface area contributed by atoms with Crippen molar-refractivity contribution in [2.75, 3.05) is 7.11 Å². The molecule has 3 aromatic rings. The first kappa shape index (κ1) is 9.84. The van der Waals surface area contributed by atoms with Gasteiger partial charge < -0.3 is 9.30 Å². The van der Waals surface area contributed by atoms with Crippen LogP contribution >= 0.6 is 0 Å². The van der Waals surface area contributed by atoms with Crippen LogP contribution in [-0.2, 0) is 0 Å². The van der Waals surface area contributed by atoms with Crippen LogP contribution in [0.3, 0.4) is 0 Å². The van der Waals surface area contributed by atoms with Crippen LogP contribution in [0, 0.1) is 0 Å². The lowest BCUT2D eigenvalue weighted by Crippen LogP contribution is -1.96. The Morgan fingerprint density at radius 1 is 1.12 bits per heavy atom. The maximum atomic E-state index is 5.05. The lowest BCUT2D eigenvalue weighted by atomic mass is 10.3. The van der Waals surface area contributed by atoms with Crippen LogP contribution < -0.4 is 4.74 Å². The van der Waals surface area contributed by atoms with Crippen molar-refractivity contribution in [2.45, 2.75) is 0 Å². The first-order chi connectivity index (χ1) is 8.38. The van der Waals surface area contributed by atoms with Crippen LogP contribution in [0.15, 0.2) is 48.8 Å². The van der Waals surface area contributed by atoms with E-state index in [0.717, 1.165) is 16.7 Å². The highest BCUT2D eigenvalue weighted by molar-refractivity contribution is 5.77. The Labute approximate surface area is 98.5 Å². The van der Waals surface area contributed by atoms with Crippen LogP contribution in [-0.4, -0.2) is 21.6 Å². The molecule has 0 fully saturated rings. The van der Waals surface area contributed by atoms with Gasteiger partial charge in [-0.15, -0.1) is 0 Å². The zero-order valence-electron chi connectivity index (χ0n) is 9.37. The largest absolute Gasteiger partial charge is 0.467 e. The summed E-state index contributed by atoms with van der Waals surface area (Å²) in [6.07, 6.45) is 3.74. The minimum atomic E-state index is 0.383. The van der Waals surface area contributed by atoms with Crippen molar-refractivity contribution in [1.29, 1.82) is 0 Å². The number of hydrogen-bond acceptors (Lipinski definition) is 3. The molecule has 0 aliphatic rings. The average Bonchev–Trinajstić information content (AvgIpc) is 2.82. The number of para-hydroxylation sites is 1. The van der Waals surface area contributed by atoms with Gasteiger partial charge in [0, 0.05) is 23.5 Å². The zero-order valence-corrected chi connectivity index (χ0v) is 9.37. The van der Waals surface area contributed by atoms with E-state index in [1.54, 1.807) is 13.3 Å². The van der Waals surface area contributed by atoms with E-state index in [-0.39, 0.29) is 0 Å². The number of ether oxygens (including phenoxy) is 1. The van der Waals surface area contributed by atoms with Gasteiger partial charge in [-0.3, -0.25) is 0 Å². The maximum absolute atomic E-state index is 5.05. The molecule has 84 valence electrons. The van der Waals surface area contributed by atoms with Crippen LogP contribution in [0.2, 0.25) is 0 Å². The standard InChI is InChI=1S/C13H11N3O/c1-17-13-14-9-10-7-8-16(12(10)15-13)11-5-3-2-4-6-11/h2-9H,1H3. The molecule has 0 N–H and O–H groups in total.